The van der Waals surface area contributed by atoms with E-state index < -0.39 is 30.3 Å². The number of aryl methyl sites for hydroxylation is 3. The van der Waals surface area contributed by atoms with E-state index in [1.165, 1.54) is 0 Å². The monoisotopic (exact) mass is 378 g/mol. The predicted octanol–water partition coefficient (Wildman–Crippen LogP) is 1.20. The van der Waals surface area contributed by atoms with Gasteiger partial charge in [-0.15, -0.1) is 0 Å². The third-order valence-corrected chi connectivity index (χ3v) is 4.57. The van der Waals surface area contributed by atoms with E-state index in [1.807, 2.05) is 24.0 Å². The molecule has 2 rings (SSSR count). The standard InChI is InChI=1S/C19H26N2O6/c1-12-8-13(2)18(14(3)9-12)21(15(19(25)26)10-17(23)24)16(22)11-20-4-6-27-7-5-20/h8-9,15H,4-7,10-11H2,1-3H3,(H,23,24)(H,25,26)/t15-/m1/s1. The van der Waals surface area contributed by atoms with Crippen LogP contribution in [-0.4, -0.2) is 71.8 Å². The van der Waals surface area contributed by atoms with Crippen LogP contribution in [0.3, 0.4) is 0 Å². The average Bonchev–Trinajstić information content (AvgIpc) is 2.56. The van der Waals surface area contributed by atoms with Gasteiger partial charge in [-0.2, -0.15) is 0 Å². The Morgan fingerprint density at radius 1 is 1.11 bits per heavy atom. The maximum absolute atomic E-state index is 13.1. The van der Waals surface area contributed by atoms with Crippen LogP contribution >= 0.6 is 0 Å². The van der Waals surface area contributed by atoms with Gasteiger partial charge in [0, 0.05) is 13.1 Å². The molecule has 2 N–H and O–H groups in total. The zero-order valence-corrected chi connectivity index (χ0v) is 15.9. The molecule has 1 aliphatic rings. The third-order valence-electron chi connectivity index (χ3n) is 4.57. The van der Waals surface area contributed by atoms with E-state index in [4.69, 9.17) is 4.74 Å². The smallest absolute Gasteiger partial charge is 0.327 e. The summed E-state index contributed by atoms with van der Waals surface area (Å²) in [6, 6.07) is 2.24. The SMILES string of the molecule is Cc1cc(C)c(N(C(=O)CN2CCOCC2)[C@H](CC(=O)O)C(=O)O)c(C)c1. The van der Waals surface area contributed by atoms with Crippen LogP contribution in [0.25, 0.3) is 0 Å². The molecule has 27 heavy (non-hydrogen) atoms. The van der Waals surface area contributed by atoms with Crippen molar-refractivity contribution in [1.29, 1.82) is 0 Å². The highest BCUT2D eigenvalue weighted by Gasteiger charge is 2.35. The van der Waals surface area contributed by atoms with Crippen molar-refractivity contribution in [3.05, 3.63) is 28.8 Å². The number of ether oxygens (including phenoxy) is 1. The maximum atomic E-state index is 13.1. The molecule has 1 saturated heterocycles. The molecule has 8 heteroatoms. The lowest BCUT2D eigenvalue weighted by Gasteiger charge is -2.34. The Bertz CT molecular complexity index is 704. The number of morpholine rings is 1. The van der Waals surface area contributed by atoms with Gasteiger partial charge in [0.25, 0.3) is 0 Å². The van der Waals surface area contributed by atoms with Gasteiger partial charge in [-0.05, 0) is 31.9 Å². The fourth-order valence-electron chi connectivity index (χ4n) is 3.49. The van der Waals surface area contributed by atoms with Gasteiger partial charge in [0.2, 0.25) is 5.91 Å². The van der Waals surface area contributed by atoms with Crippen LogP contribution in [0.4, 0.5) is 5.69 Å². The van der Waals surface area contributed by atoms with E-state index in [0.29, 0.717) is 32.0 Å². The first-order valence-corrected chi connectivity index (χ1v) is 8.85. The number of nitrogens with zero attached hydrogens (tertiary/aromatic N) is 2. The lowest BCUT2D eigenvalue weighted by molar-refractivity contribution is -0.146. The Labute approximate surface area is 158 Å². The Hall–Kier alpha value is -2.45. The van der Waals surface area contributed by atoms with E-state index in [-0.39, 0.29) is 6.54 Å². The minimum absolute atomic E-state index is 0.0134. The number of hydrogen-bond donors (Lipinski definition) is 2. The number of anilines is 1. The highest BCUT2D eigenvalue weighted by atomic mass is 16.5. The van der Waals surface area contributed by atoms with Crippen molar-refractivity contribution in [1.82, 2.24) is 4.90 Å². The molecule has 1 aromatic carbocycles. The van der Waals surface area contributed by atoms with Crippen molar-refractivity contribution in [2.45, 2.75) is 33.2 Å². The van der Waals surface area contributed by atoms with Crippen LogP contribution < -0.4 is 4.90 Å². The zero-order chi connectivity index (χ0) is 20.1. The lowest BCUT2D eigenvalue weighted by Crippen LogP contribution is -2.52. The number of carbonyl (C=O) groups is 3. The maximum Gasteiger partial charge on any atom is 0.327 e. The van der Waals surface area contributed by atoms with Crippen molar-refractivity contribution in [3.63, 3.8) is 0 Å². The van der Waals surface area contributed by atoms with Gasteiger partial charge in [0.1, 0.15) is 6.04 Å². The van der Waals surface area contributed by atoms with Crippen LogP contribution in [0, 0.1) is 20.8 Å². The molecule has 0 radical (unpaired) electrons. The summed E-state index contributed by atoms with van der Waals surface area (Å²) in [6.07, 6.45) is -0.670. The second-order valence-corrected chi connectivity index (χ2v) is 6.85. The molecule has 0 spiro atoms. The first-order valence-electron chi connectivity index (χ1n) is 8.85. The molecule has 0 unspecified atom stereocenters. The van der Waals surface area contributed by atoms with Crippen LogP contribution in [0.2, 0.25) is 0 Å². The minimum Gasteiger partial charge on any atom is -0.481 e. The fraction of sp³-hybridized carbons (Fsp3) is 0.526. The first-order chi connectivity index (χ1) is 12.7. The minimum atomic E-state index is -1.48. The molecule has 148 valence electrons. The summed E-state index contributed by atoms with van der Waals surface area (Å²) >= 11 is 0. The molecule has 1 fully saturated rings. The van der Waals surface area contributed by atoms with Crippen LogP contribution in [-0.2, 0) is 19.1 Å². The second kappa shape index (κ2) is 8.96. The van der Waals surface area contributed by atoms with Crippen molar-refractivity contribution < 1.29 is 29.3 Å². The summed E-state index contributed by atoms with van der Waals surface area (Å²) in [5.74, 6) is -3.04. The number of aliphatic carboxylic acids is 2. The normalized spacial score (nSPS) is 16.0. The molecule has 1 atom stereocenters. The van der Waals surface area contributed by atoms with Crippen LogP contribution in [0.5, 0.6) is 0 Å². The number of carboxylic acids is 2. The Morgan fingerprint density at radius 2 is 1.67 bits per heavy atom. The van der Waals surface area contributed by atoms with Crippen molar-refractivity contribution in [2.75, 3.05) is 37.7 Å². The summed E-state index contributed by atoms with van der Waals surface area (Å²) in [5, 5.41) is 18.8. The number of rotatable bonds is 7. The average molecular weight is 378 g/mol. The molecule has 0 aliphatic carbocycles. The topological polar surface area (TPSA) is 107 Å². The van der Waals surface area contributed by atoms with Crippen LogP contribution in [0.1, 0.15) is 23.1 Å². The summed E-state index contributed by atoms with van der Waals surface area (Å²) in [5.41, 5.74) is 2.92. The van der Waals surface area contributed by atoms with E-state index in [1.54, 1.807) is 13.8 Å². The predicted molar refractivity (Wildman–Crippen MR) is 99.1 cm³/mol. The highest BCUT2D eigenvalue weighted by Crippen LogP contribution is 2.29. The van der Waals surface area contributed by atoms with Gasteiger partial charge in [-0.3, -0.25) is 19.4 Å². The Kier molecular flexibility index (Phi) is 6.92. The van der Waals surface area contributed by atoms with Crippen molar-refractivity contribution in [3.8, 4) is 0 Å². The van der Waals surface area contributed by atoms with Gasteiger partial charge >= 0.3 is 11.9 Å². The summed E-state index contributed by atoms with van der Waals surface area (Å²) < 4.78 is 5.28. The largest absolute Gasteiger partial charge is 0.481 e. The molecule has 0 saturated carbocycles. The summed E-state index contributed by atoms with van der Waals surface area (Å²) in [6.45, 7) is 7.67. The molecule has 0 aromatic heterocycles. The molecule has 8 nitrogen and oxygen atoms in total. The summed E-state index contributed by atoms with van der Waals surface area (Å²) in [7, 11) is 0. The number of benzene rings is 1. The van der Waals surface area contributed by atoms with E-state index in [2.05, 4.69) is 0 Å². The second-order valence-electron chi connectivity index (χ2n) is 6.85. The molecular formula is C19H26N2O6. The zero-order valence-electron chi connectivity index (χ0n) is 15.9. The Morgan fingerprint density at radius 3 is 2.15 bits per heavy atom. The Balaban J connectivity index is 2.45. The van der Waals surface area contributed by atoms with Gasteiger partial charge in [0.05, 0.1) is 31.9 Å². The van der Waals surface area contributed by atoms with Gasteiger partial charge in [0.15, 0.2) is 0 Å². The first kappa shape index (κ1) is 20.9. The molecule has 1 aliphatic heterocycles. The highest BCUT2D eigenvalue weighted by molar-refractivity contribution is 6.02. The molecule has 1 heterocycles. The molecular weight excluding hydrogens is 352 g/mol. The van der Waals surface area contributed by atoms with E-state index in [9.17, 15) is 24.6 Å². The van der Waals surface area contributed by atoms with Gasteiger partial charge < -0.3 is 14.9 Å². The number of carbonyl (C=O) groups excluding carboxylic acids is 1. The number of amides is 1. The fourth-order valence-corrected chi connectivity index (χ4v) is 3.49. The van der Waals surface area contributed by atoms with Gasteiger partial charge in [-0.1, -0.05) is 17.7 Å². The third kappa shape index (κ3) is 5.27. The molecule has 1 amide bonds. The van der Waals surface area contributed by atoms with E-state index >= 15 is 0 Å². The molecule has 1 aromatic rings. The lowest BCUT2D eigenvalue weighted by atomic mass is 10.0. The van der Waals surface area contributed by atoms with E-state index in [0.717, 1.165) is 21.6 Å². The summed E-state index contributed by atoms with van der Waals surface area (Å²) in [4.78, 5) is 39.3. The van der Waals surface area contributed by atoms with Gasteiger partial charge in [-0.25, -0.2) is 4.79 Å². The number of carboxylic acid groups (broad SMARTS) is 2. The van der Waals surface area contributed by atoms with Crippen LogP contribution in [0.15, 0.2) is 12.1 Å². The number of hydrogen-bond acceptors (Lipinski definition) is 5. The van der Waals surface area contributed by atoms with Crippen molar-refractivity contribution >= 4 is 23.5 Å². The quantitative estimate of drug-likeness (QED) is 0.734. The van der Waals surface area contributed by atoms with Crippen molar-refractivity contribution in [2.24, 2.45) is 0 Å². The molecule has 0 bridgehead atoms.